The Morgan fingerprint density at radius 2 is 2.27 bits per heavy atom. The molecule has 15 heavy (non-hydrogen) atoms. The summed E-state index contributed by atoms with van der Waals surface area (Å²) in [6, 6.07) is 5.51. The monoisotopic (exact) mass is 208 g/mol. The minimum atomic E-state index is 0.0113. The predicted molar refractivity (Wildman–Crippen MR) is 59.5 cm³/mol. The molecule has 0 aliphatic carbocycles. The number of hydrogen-bond donors (Lipinski definition) is 2. The molecule has 1 aromatic carbocycles. The Hall–Kier alpha value is -1.71. The summed E-state index contributed by atoms with van der Waals surface area (Å²) in [5.74, 6) is 0.649. The molecule has 0 heterocycles. The topological polar surface area (TPSA) is 64.3 Å². The van der Waals surface area contributed by atoms with Gasteiger partial charge in [-0.05, 0) is 11.6 Å². The van der Waals surface area contributed by atoms with Crippen LogP contribution in [0.25, 0.3) is 0 Å². The second-order valence-corrected chi connectivity index (χ2v) is 3.16. The van der Waals surface area contributed by atoms with E-state index in [4.69, 9.17) is 10.5 Å². The molecule has 1 amide bonds. The summed E-state index contributed by atoms with van der Waals surface area (Å²) in [5.41, 5.74) is 7.30. The van der Waals surface area contributed by atoms with Crippen LogP contribution in [0.3, 0.4) is 0 Å². The number of ether oxygens (including phenoxy) is 1. The van der Waals surface area contributed by atoms with Crippen molar-refractivity contribution in [1.82, 2.24) is 5.32 Å². The van der Waals surface area contributed by atoms with Crippen LogP contribution in [0.5, 0.6) is 5.75 Å². The number of nitrogens with two attached hydrogens (primary N) is 1. The number of amides is 1. The summed E-state index contributed by atoms with van der Waals surface area (Å²) in [6.07, 6.45) is 0.476. The van der Waals surface area contributed by atoms with Gasteiger partial charge in [0.15, 0.2) is 0 Å². The maximum absolute atomic E-state index is 11.1. The zero-order valence-electron chi connectivity index (χ0n) is 9.04. The van der Waals surface area contributed by atoms with Crippen molar-refractivity contribution >= 4 is 11.6 Å². The van der Waals surface area contributed by atoms with Gasteiger partial charge in [0.2, 0.25) is 5.91 Å². The van der Waals surface area contributed by atoms with Crippen LogP contribution in [-0.4, -0.2) is 13.0 Å². The van der Waals surface area contributed by atoms with Gasteiger partial charge in [-0.25, -0.2) is 0 Å². The third-order valence-corrected chi connectivity index (χ3v) is 2.17. The number of carbonyl (C=O) groups excluding carboxylic acids is 1. The molecule has 0 unspecified atom stereocenters. The van der Waals surface area contributed by atoms with Gasteiger partial charge in [-0.3, -0.25) is 4.79 Å². The van der Waals surface area contributed by atoms with Crippen LogP contribution in [0, 0.1) is 0 Å². The molecule has 0 atom stereocenters. The third kappa shape index (κ3) is 2.87. The van der Waals surface area contributed by atoms with Gasteiger partial charge in [0, 0.05) is 13.0 Å². The standard InChI is InChI=1S/C11H16N2O2/c1-3-10(14)13-7-8-5-4-6-9(15-2)11(8)12/h4-6H,3,7,12H2,1-2H3,(H,13,14). The van der Waals surface area contributed by atoms with E-state index >= 15 is 0 Å². The molecule has 4 heteroatoms. The molecule has 82 valence electrons. The molecule has 0 bridgehead atoms. The van der Waals surface area contributed by atoms with E-state index in [-0.39, 0.29) is 5.91 Å². The van der Waals surface area contributed by atoms with Gasteiger partial charge < -0.3 is 15.8 Å². The fourth-order valence-electron chi connectivity index (χ4n) is 1.24. The Kier molecular flexibility index (Phi) is 3.97. The van der Waals surface area contributed by atoms with Crippen molar-refractivity contribution in [2.45, 2.75) is 19.9 Å². The van der Waals surface area contributed by atoms with Crippen molar-refractivity contribution < 1.29 is 9.53 Å². The zero-order chi connectivity index (χ0) is 11.3. The summed E-state index contributed by atoms with van der Waals surface area (Å²) in [5, 5.41) is 2.77. The molecule has 0 radical (unpaired) electrons. The molecule has 3 N–H and O–H groups in total. The van der Waals surface area contributed by atoms with E-state index in [9.17, 15) is 4.79 Å². The van der Waals surface area contributed by atoms with Crippen molar-refractivity contribution in [3.63, 3.8) is 0 Å². The van der Waals surface area contributed by atoms with Crippen LogP contribution < -0.4 is 15.8 Å². The fourth-order valence-corrected chi connectivity index (χ4v) is 1.24. The Morgan fingerprint density at radius 3 is 2.87 bits per heavy atom. The molecular formula is C11H16N2O2. The largest absolute Gasteiger partial charge is 0.495 e. The van der Waals surface area contributed by atoms with E-state index in [2.05, 4.69) is 5.32 Å². The summed E-state index contributed by atoms with van der Waals surface area (Å²) in [4.78, 5) is 11.1. The van der Waals surface area contributed by atoms with Crippen molar-refractivity contribution in [2.24, 2.45) is 0 Å². The van der Waals surface area contributed by atoms with E-state index in [1.807, 2.05) is 19.1 Å². The van der Waals surface area contributed by atoms with Crippen molar-refractivity contribution in [1.29, 1.82) is 0 Å². The first-order valence-corrected chi connectivity index (χ1v) is 4.87. The van der Waals surface area contributed by atoms with Crippen molar-refractivity contribution in [2.75, 3.05) is 12.8 Å². The summed E-state index contributed by atoms with van der Waals surface area (Å²) < 4.78 is 5.08. The summed E-state index contributed by atoms with van der Waals surface area (Å²) >= 11 is 0. The smallest absolute Gasteiger partial charge is 0.219 e. The van der Waals surface area contributed by atoms with E-state index in [0.717, 1.165) is 5.56 Å². The van der Waals surface area contributed by atoms with Gasteiger partial charge in [-0.1, -0.05) is 19.1 Å². The Morgan fingerprint density at radius 1 is 1.53 bits per heavy atom. The first-order chi connectivity index (χ1) is 7.19. The van der Waals surface area contributed by atoms with Crippen LogP contribution in [0.4, 0.5) is 5.69 Å². The van der Waals surface area contributed by atoms with E-state index in [1.165, 1.54) is 0 Å². The molecule has 0 fully saturated rings. The van der Waals surface area contributed by atoms with Gasteiger partial charge in [0.25, 0.3) is 0 Å². The second kappa shape index (κ2) is 5.24. The fraction of sp³-hybridized carbons (Fsp3) is 0.364. The van der Waals surface area contributed by atoms with Gasteiger partial charge in [0.1, 0.15) is 5.75 Å². The lowest BCUT2D eigenvalue weighted by atomic mass is 10.1. The highest BCUT2D eigenvalue weighted by Gasteiger charge is 2.05. The maximum Gasteiger partial charge on any atom is 0.219 e. The molecule has 0 saturated carbocycles. The van der Waals surface area contributed by atoms with Crippen LogP contribution >= 0.6 is 0 Å². The number of para-hydroxylation sites is 1. The van der Waals surface area contributed by atoms with Crippen molar-refractivity contribution in [3.05, 3.63) is 23.8 Å². The Labute approximate surface area is 89.4 Å². The number of anilines is 1. The highest BCUT2D eigenvalue weighted by atomic mass is 16.5. The maximum atomic E-state index is 11.1. The van der Waals surface area contributed by atoms with Crippen molar-refractivity contribution in [3.8, 4) is 5.75 Å². The van der Waals surface area contributed by atoms with Gasteiger partial charge in [-0.15, -0.1) is 0 Å². The summed E-state index contributed by atoms with van der Waals surface area (Å²) in [7, 11) is 1.57. The molecular weight excluding hydrogens is 192 g/mol. The van der Waals surface area contributed by atoms with Crippen LogP contribution in [0.15, 0.2) is 18.2 Å². The number of benzene rings is 1. The molecule has 1 rings (SSSR count). The zero-order valence-corrected chi connectivity index (χ0v) is 9.04. The lowest BCUT2D eigenvalue weighted by Crippen LogP contribution is -2.22. The SMILES string of the molecule is CCC(=O)NCc1cccc(OC)c1N. The van der Waals surface area contributed by atoms with Crippen LogP contribution in [0.1, 0.15) is 18.9 Å². The quantitative estimate of drug-likeness (QED) is 0.733. The predicted octanol–water partition coefficient (Wildman–Crippen LogP) is 1.30. The Bertz CT molecular complexity index is 350. The van der Waals surface area contributed by atoms with Gasteiger partial charge in [-0.2, -0.15) is 0 Å². The highest BCUT2D eigenvalue weighted by Crippen LogP contribution is 2.24. The first-order valence-electron chi connectivity index (χ1n) is 4.87. The van der Waals surface area contributed by atoms with E-state index in [1.54, 1.807) is 13.2 Å². The van der Waals surface area contributed by atoms with Crippen LogP contribution in [0.2, 0.25) is 0 Å². The number of nitrogen functional groups attached to an aromatic ring is 1. The minimum absolute atomic E-state index is 0.0113. The van der Waals surface area contributed by atoms with Gasteiger partial charge >= 0.3 is 0 Å². The number of methoxy groups -OCH3 is 1. The van der Waals surface area contributed by atoms with Gasteiger partial charge in [0.05, 0.1) is 12.8 Å². The number of hydrogen-bond acceptors (Lipinski definition) is 3. The molecule has 0 aliphatic heterocycles. The second-order valence-electron chi connectivity index (χ2n) is 3.16. The summed E-state index contributed by atoms with van der Waals surface area (Å²) in [6.45, 7) is 2.25. The molecule has 4 nitrogen and oxygen atoms in total. The average Bonchev–Trinajstić information content (AvgIpc) is 2.27. The normalized spacial score (nSPS) is 9.73. The lowest BCUT2D eigenvalue weighted by molar-refractivity contribution is -0.120. The molecule has 0 spiro atoms. The molecule has 0 aromatic heterocycles. The lowest BCUT2D eigenvalue weighted by Gasteiger charge is -2.10. The number of carbonyl (C=O) groups is 1. The van der Waals surface area contributed by atoms with E-state index in [0.29, 0.717) is 24.4 Å². The Balaban J connectivity index is 2.73. The molecule has 1 aromatic rings. The molecule has 0 saturated heterocycles. The van der Waals surface area contributed by atoms with E-state index < -0.39 is 0 Å². The molecule has 0 aliphatic rings. The number of nitrogens with one attached hydrogen (secondary N) is 1. The third-order valence-electron chi connectivity index (χ3n) is 2.17. The average molecular weight is 208 g/mol. The first kappa shape index (κ1) is 11.4. The number of rotatable bonds is 4. The highest BCUT2D eigenvalue weighted by molar-refractivity contribution is 5.75. The van der Waals surface area contributed by atoms with Crippen LogP contribution in [-0.2, 0) is 11.3 Å². The minimum Gasteiger partial charge on any atom is -0.495 e.